The van der Waals surface area contributed by atoms with Crippen molar-refractivity contribution < 1.29 is 14.2 Å². The van der Waals surface area contributed by atoms with Gasteiger partial charge in [-0.25, -0.2) is 0 Å². The number of rotatable bonds is 6. The number of nitrogens with one attached hydrogen (secondary N) is 1. The Kier molecular flexibility index (Phi) is 5.47. The lowest BCUT2D eigenvalue weighted by Crippen LogP contribution is -2.31. The molecule has 8 nitrogen and oxygen atoms in total. The van der Waals surface area contributed by atoms with Crippen LogP contribution in [0.2, 0.25) is 0 Å². The van der Waals surface area contributed by atoms with Crippen molar-refractivity contribution >= 4 is 23.3 Å². The Morgan fingerprint density at radius 1 is 0.933 bits per heavy atom. The van der Waals surface area contributed by atoms with Crippen molar-refractivity contribution in [3.63, 3.8) is 0 Å². The average molecular weight is 407 g/mol. The molecule has 3 N–H and O–H groups in total. The van der Waals surface area contributed by atoms with E-state index in [2.05, 4.69) is 44.5 Å². The molecule has 1 aliphatic heterocycles. The molecule has 0 spiro atoms. The Hall–Kier alpha value is -3.68. The van der Waals surface area contributed by atoms with Gasteiger partial charge in [-0.05, 0) is 17.5 Å². The number of benzene rings is 2. The summed E-state index contributed by atoms with van der Waals surface area (Å²) in [5.41, 5.74) is 9.43. The van der Waals surface area contributed by atoms with E-state index in [4.69, 9.17) is 19.9 Å². The summed E-state index contributed by atoms with van der Waals surface area (Å²) in [6, 6.07) is 14.0. The van der Waals surface area contributed by atoms with E-state index in [0.717, 1.165) is 31.0 Å². The highest BCUT2D eigenvalue weighted by Gasteiger charge is 2.19. The predicted octanol–water partition coefficient (Wildman–Crippen LogP) is 3.39. The van der Waals surface area contributed by atoms with Gasteiger partial charge in [-0.3, -0.25) is 0 Å². The molecule has 8 heteroatoms. The summed E-state index contributed by atoms with van der Waals surface area (Å²) in [6.45, 7) is 1.66. The maximum absolute atomic E-state index is 6.01. The first-order chi connectivity index (χ1) is 14.6. The second-order valence-electron chi connectivity index (χ2n) is 6.95. The molecule has 156 valence electrons. The smallest absolute Gasteiger partial charge is 0.223 e. The zero-order valence-corrected chi connectivity index (χ0v) is 17.3. The highest BCUT2D eigenvalue weighted by atomic mass is 16.5. The number of nitrogen functional groups attached to an aromatic ring is 1. The third-order valence-corrected chi connectivity index (χ3v) is 5.12. The zero-order chi connectivity index (χ0) is 21.1. The predicted molar refractivity (Wildman–Crippen MR) is 117 cm³/mol. The van der Waals surface area contributed by atoms with E-state index in [-0.39, 0.29) is 5.95 Å². The molecule has 30 heavy (non-hydrogen) atoms. The van der Waals surface area contributed by atoms with Crippen molar-refractivity contribution in [3.05, 3.63) is 53.6 Å². The summed E-state index contributed by atoms with van der Waals surface area (Å²) in [6.07, 6.45) is 0.968. The second-order valence-corrected chi connectivity index (χ2v) is 6.95. The minimum Gasteiger partial charge on any atom is -0.493 e. The van der Waals surface area contributed by atoms with Gasteiger partial charge in [0.15, 0.2) is 11.5 Å². The monoisotopic (exact) mass is 407 g/mol. The number of hydrogen-bond acceptors (Lipinski definition) is 8. The number of anilines is 4. The first kappa shape index (κ1) is 19.6. The highest BCUT2D eigenvalue weighted by Crippen LogP contribution is 2.40. The maximum Gasteiger partial charge on any atom is 0.223 e. The molecule has 0 fully saturated rings. The summed E-state index contributed by atoms with van der Waals surface area (Å²) < 4.78 is 16.2. The number of aromatic nitrogens is 2. The number of fused-ring (bicyclic) bond motifs is 1. The van der Waals surface area contributed by atoms with E-state index in [0.29, 0.717) is 23.1 Å². The van der Waals surface area contributed by atoms with Crippen LogP contribution in [0.4, 0.5) is 23.3 Å². The lowest BCUT2D eigenvalue weighted by atomic mass is 10.00. The van der Waals surface area contributed by atoms with Crippen LogP contribution in [0.1, 0.15) is 11.1 Å². The Bertz CT molecular complexity index is 1030. The van der Waals surface area contributed by atoms with Crippen LogP contribution in [0, 0.1) is 0 Å². The standard InChI is InChI=1S/C22H25N5O3/c1-28-17-10-16(11-18(29-2)21(17)30-3)24-19-12-20(26-22(23)25-19)27-9-8-14-6-4-5-7-15(14)13-27/h4-7,10-12H,8-9,13H2,1-3H3,(H3,23,24,25,26). The third kappa shape index (κ3) is 3.89. The van der Waals surface area contributed by atoms with Gasteiger partial charge in [-0.1, -0.05) is 24.3 Å². The molecule has 0 saturated heterocycles. The first-order valence-electron chi connectivity index (χ1n) is 9.64. The van der Waals surface area contributed by atoms with Crippen LogP contribution in [-0.2, 0) is 13.0 Å². The number of hydrogen-bond donors (Lipinski definition) is 2. The van der Waals surface area contributed by atoms with Crippen LogP contribution < -0.4 is 30.2 Å². The zero-order valence-electron chi connectivity index (χ0n) is 17.3. The summed E-state index contributed by atoms with van der Waals surface area (Å²) in [4.78, 5) is 11.0. The first-order valence-corrected chi connectivity index (χ1v) is 9.64. The van der Waals surface area contributed by atoms with Gasteiger partial charge >= 0.3 is 0 Å². The lowest BCUT2D eigenvalue weighted by Gasteiger charge is -2.30. The van der Waals surface area contributed by atoms with Crippen molar-refractivity contribution in [2.75, 3.05) is 43.8 Å². The van der Waals surface area contributed by atoms with Gasteiger partial charge in [-0.15, -0.1) is 0 Å². The maximum atomic E-state index is 6.01. The van der Waals surface area contributed by atoms with E-state index in [1.807, 2.05) is 18.2 Å². The topological polar surface area (TPSA) is 94.8 Å². The van der Waals surface area contributed by atoms with Gasteiger partial charge in [-0.2, -0.15) is 9.97 Å². The van der Waals surface area contributed by atoms with Crippen LogP contribution in [0.3, 0.4) is 0 Å². The van der Waals surface area contributed by atoms with E-state index in [1.54, 1.807) is 21.3 Å². The molecule has 0 amide bonds. The van der Waals surface area contributed by atoms with Crippen LogP contribution in [-0.4, -0.2) is 37.8 Å². The van der Waals surface area contributed by atoms with Gasteiger partial charge in [0, 0.05) is 37.0 Å². The van der Waals surface area contributed by atoms with Crippen molar-refractivity contribution in [1.82, 2.24) is 9.97 Å². The molecule has 0 bridgehead atoms. The lowest BCUT2D eigenvalue weighted by molar-refractivity contribution is 0.324. The fourth-order valence-corrected chi connectivity index (χ4v) is 3.67. The Balaban J connectivity index is 1.62. The van der Waals surface area contributed by atoms with Gasteiger partial charge in [0.2, 0.25) is 11.7 Å². The molecule has 2 aromatic carbocycles. The van der Waals surface area contributed by atoms with Crippen LogP contribution in [0.5, 0.6) is 17.2 Å². The van der Waals surface area contributed by atoms with Crippen molar-refractivity contribution in [2.24, 2.45) is 0 Å². The van der Waals surface area contributed by atoms with Crippen molar-refractivity contribution in [2.45, 2.75) is 13.0 Å². The minimum absolute atomic E-state index is 0.210. The fourth-order valence-electron chi connectivity index (χ4n) is 3.67. The minimum atomic E-state index is 0.210. The van der Waals surface area contributed by atoms with Gasteiger partial charge < -0.3 is 30.2 Å². The molecule has 3 aromatic rings. The number of methoxy groups -OCH3 is 3. The van der Waals surface area contributed by atoms with E-state index in [9.17, 15) is 0 Å². The normalized spacial score (nSPS) is 12.8. The Morgan fingerprint density at radius 2 is 1.63 bits per heavy atom. The summed E-state index contributed by atoms with van der Waals surface area (Å²) in [7, 11) is 4.73. The van der Waals surface area contributed by atoms with Crippen LogP contribution >= 0.6 is 0 Å². The van der Waals surface area contributed by atoms with Gasteiger partial charge in [0.25, 0.3) is 0 Å². The van der Waals surface area contributed by atoms with E-state index < -0.39 is 0 Å². The largest absolute Gasteiger partial charge is 0.493 e. The van der Waals surface area contributed by atoms with Gasteiger partial charge in [0.1, 0.15) is 11.6 Å². The summed E-state index contributed by atoms with van der Waals surface area (Å²) >= 11 is 0. The Morgan fingerprint density at radius 3 is 2.30 bits per heavy atom. The fraction of sp³-hybridized carbons (Fsp3) is 0.273. The molecule has 0 saturated carbocycles. The van der Waals surface area contributed by atoms with Crippen molar-refractivity contribution in [1.29, 1.82) is 0 Å². The SMILES string of the molecule is COc1cc(Nc2cc(N3CCc4ccccc4C3)nc(N)n2)cc(OC)c1OC. The number of ether oxygens (including phenoxy) is 3. The average Bonchev–Trinajstić information content (AvgIpc) is 2.77. The Labute approximate surface area is 175 Å². The molecule has 4 rings (SSSR count). The summed E-state index contributed by atoms with van der Waals surface area (Å²) in [5.74, 6) is 3.21. The molecular formula is C22H25N5O3. The van der Waals surface area contributed by atoms with Crippen LogP contribution in [0.15, 0.2) is 42.5 Å². The third-order valence-electron chi connectivity index (χ3n) is 5.12. The quantitative estimate of drug-likeness (QED) is 0.642. The number of nitrogens with zero attached hydrogens (tertiary/aromatic N) is 3. The van der Waals surface area contributed by atoms with E-state index >= 15 is 0 Å². The van der Waals surface area contributed by atoms with Crippen molar-refractivity contribution in [3.8, 4) is 17.2 Å². The molecule has 1 aliphatic rings. The summed E-state index contributed by atoms with van der Waals surface area (Å²) in [5, 5.41) is 3.27. The van der Waals surface area contributed by atoms with Crippen LogP contribution in [0.25, 0.3) is 0 Å². The number of nitrogens with two attached hydrogens (primary N) is 1. The molecule has 0 unspecified atom stereocenters. The second kappa shape index (κ2) is 8.36. The molecule has 0 aliphatic carbocycles. The highest BCUT2D eigenvalue weighted by molar-refractivity contribution is 5.68. The molecule has 0 atom stereocenters. The van der Waals surface area contributed by atoms with Gasteiger partial charge in [0.05, 0.1) is 21.3 Å². The molecule has 1 aromatic heterocycles. The molecular weight excluding hydrogens is 382 g/mol. The van der Waals surface area contributed by atoms with E-state index in [1.165, 1.54) is 11.1 Å². The molecule has 0 radical (unpaired) electrons. The molecule has 2 heterocycles.